The molecule has 0 bridgehead atoms. The van der Waals surface area contributed by atoms with Crippen LogP contribution in [0, 0.1) is 6.92 Å². The van der Waals surface area contributed by atoms with Crippen molar-refractivity contribution >= 4 is 11.9 Å². The summed E-state index contributed by atoms with van der Waals surface area (Å²) >= 11 is 0. The number of carbonyl (C=O) groups is 2. The van der Waals surface area contributed by atoms with E-state index in [2.05, 4.69) is 0 Å². The minimum atomic E-state index is -1.27. The molecule has 0 saturated carbocycles. The zero-order chi connectivity index (χ0) is 13.2. The number of rotatable bonds is 4. The maximum absolute atomic E-state index is 10.8. The third kappa shape index (κ3) is 2.94. The van der Waals surface area contributed by atoms with Gasteiger partial charge in [0.05, 0.1) is 0 Å². The van der Waals surface area contributed by atoms with Crippen LogP contribution in [0.25, 0.3) is 0 Å². The van der Waals surface area contributed by atoms with E-state index in [0.29, 0.717) is 11.1 Å². The van der Waals surface area contributed by atoms with Crippen molar-refractivity contribution in [2.75, 3.05) is 0 Å². The smallest absolute Gasteiger partial charge is 0.339 e. The standard InChI is InChI=1S/C11H13NO5/c1-5-2-6(4-8(12)11(16)17)3-7(9(5)13)10(14)15/h2-3,8,13H,4,12H2,1H3,(H,14,15)(H,16,17)/t8-/m0/s1. The molecule has 1 atom stereocenters. The van der Waals surface area contributed by atoms with Gasteiger partial charge >= 0.3 is 11.9 Å². The van der Waals surface area contributed by atoms with Crippen molar-refractivity contribution in [3.05, 3.63) is 28.8 Å². The average Bonchev–Trinajstić information content (AvgIpc) is 2.22. The first-order valence-corrected chi connectivity index (χ1v) is 4.87. The Kier molecular flexibility index (Phi) is 3.69. The predicted octanol–water partition coefficient (Wildman–Crippen LogP) is 0.353. The van der Waals surface area contributed by atoms with Gasteiger partial charge in [-0.15, -0.1) is 0 Å². The van der Waals surface area contributed by atoms with Crippen LogP contribution in [0.1, 0.15) is 21.5 Å². The summed E-state index contributed by atoms with van der Waals surface area (Å²) in [6, 6.07) is 1.65. The van der Waals surface area contributed by atoms with Crippen LogP contribution in [0.4, 0.5) is 0 Å². The number of benzene rings is 1. The molecule has 1 rings (SSSR count). The fraction of sp³-hybridized carbons (Fsp3) is 0.273. The van der Waals surface area contributed by atoms with Crippen molar-refractivity contribution in [1.82, 2.24) is 0 Å². The van der Waals surface area contributed by atoms with Gasteiger partial charge in [0.1, 0.15) is 17.4 Å². The number of carboxylic acid groups (broad SMARTS) is 2. The van der Waals surface area contributed by atoms with E-state index in [0.717, 1.165) is 0 Å². The predicted molar refractivity (Wildman–Crippen MR) is 59.1 cm³/mol. The van der Waals surface area contributed by atoms with Gasteiger partial charge in [-0.2, -0.15) is 0 Å². The van der Waals surface area contributed by atoms with E-state index in [-0.39, 0.29) is 17.7 Å². The number of phenols is 1. The number of nitrogens with two attached hydrogens (primary N) is 1. The molecule has 92 valence electrons. The molecule has 6 nitrogen and oxygen atoms in total. The lowest BCUT2D eigenvalue weighted by molar-refractivity contribution is -0.138. The first kappa shape index (κ1) is 13.0. The maximum atomic E-state index is 10.8. The molecule has 17 heavy (non-hydrogen) atoms. The van der Waals surface area contributed by atoms with Gasteiger partial charge in [0.2, 0.25) is 0 Å². The fourth-order valence-corrected chi connectivity index (χ4v) is 1.48. The molecule has 1 aromatic carbocycles. The van der Waals surface area contributed by atoms with Crippen molar-refractivity contribution < 1.29 is 24.9 Å². The molecule has 0 spiro atoms. The molecule has 1 aromatic rings. The van der Waals surface area contributed by atoms with Crippen molar-refractivity contribution in [2.45, 2.75) is 19.4 Å². The van der Waals surface area contributed by atoms with Crippen LogP contribution < -0.4 is 5.73 Å². The third-order valence-corrected chi connectivity index (χ3v) is 2.36. The molecule has 0 fully saturated rings. The molecular weight excluding hydrogens is 226 g/mol. The zero-order valence-electron chi connectivity index (χ0n) is 9.17. The van der Waals surface area contributed by atoms with E-state index in [1.807, 2.05) is 0 Å². The molecule has 0 radical (unpaired) electrons. The van der Waals surface area contributed by atoms with Gasteiger partial charge < -0.3 is 21.1 Å². The lowest BCUT2D eigenvalue weighted by Crippen LogP contribution is -2.32. The minimum Gasteiger partial charge on any atom is -0.507 e. The van der Waals surface area contributed by atoms with E-state index in [1.165, 1.54) is 19.1 Å². The van der Waals surface area contributed by atoms with E-state index in [9.17, 15) is 14.7 Å². The number of carboxylic acids is 2. The number of hydrogen-bond donors (Lipinski definition) is 4. The Morgan fingerprint density at radius 2 is 1.94 bits per heavy atom. The first-order valence-electron chi connectivity index (χ1n) is 4.87. The number of aryl methyl sites for hydroxylation is 1. The van der Waals surface area contributed by atoms with Crippen LogP contribution in [0.3, 0.4) is 0 Å². The lowest BCUT2D eigenvalue weighted by atomic mass is 10.00. The summed E-state index contributed by atoms with van der Waals surface area (Å²) < 4.78 is 0. The van der Waals surface area contributed by atoms with Gasteiger partial charge in [-0.3, -0.25) is 4.79 Å². The highest BCUT2D eigenvalue weighted by atomic mass is 16.4. The Labute approximate surface area is 97.3 Å². The Bertz CT molecular complexity index is 469. The van der Waals surface area contributed by atoms with Crippen molar-refractivity contribution in [1.29, 1.82) is 0 Å². The second-order valence-corrected chi connectivity index (χ2v) is 3.76. The molecule has 0 aliphatic rings. The number of aliphatic carboxylic acids is 1. The average molecular weight is 239 g/mol. The van der Waals surface area contributed by atoms with Gasteiger partial charge in [0.15, 0.2) is 0 Å². The normalized spacial score (nSPS) is 12.1. The number of aromatic carboxylic acids is 1. The molecule has 0 aliphatic carbocycles. The highest BCUT2D eigenvalue weighted by Gasteiger charge is 2.17. The highest BCUT2D eigenvalue weighted by molar-refractivity contribution is 5.91. The molecule has 0 heterocycles. The summed E-state index contributed by atoms with van der Waals surface area (Å²) in [5.74, 6) is -2.74. The summed E-state index contributed by atoms with van der Waals surface area (Å²) in [5, 5.41) is 27.0. The molecule has 6 heteroatoms. The molecule has 0 saturated heterocycles. The SMILES string of the molecule is Cc1cc(C[C@H](N)C(=O)O)cc(C(=O)O)c1O. The molecule has 0 amide bonds. The monoisotopic (exact) mass is 239 g/mol. The first-order chi connectivity index (χ1) is 7.82. The highest BCUT2D eigenvalue weighted by Crippen LogP contribution is 2.24. The van der Waals surface area contributed by atoms with Crippen LogP contribution in [0.5, 0.6) is 5.75 Å². The minimum absolute atomic E-state index is 0.0106. The quantitative estimate of drug-likeness (QED) is 0.601. The molecule has 0 unspecified atom stereocenters. The third-order valence-electron chi connectivity index (χ3n) is 2.36. The summed E-state index contributed by atoms with van der Waals surface area (Å²) in [6.07, 6.45) is 0.0106. The van der Waals surface area contributed by atoms with Gasteiger partial charge in [0, 0.05) is 0 Å². The van der Waals surface area contributed by atoms with Crippen LogP contribution in [-0.2, 0) is 11.2 Å². The van der Waals surface area contributed by atoms with Gasteiger partial charge in [-0.05, 0) is 30.5 Å². The number of aromatic hydroxyl groups is 1. The second kappa shape index (κ2) is 4.84. The van der Waals surface area contributed by atoms with Gasteiger partial charge in [-0.25, -0.2) is 4.79 Å². The summed E-state index contributed by atoms with van der Waals surface area (Å²) in [5.41, 5.74) is 5.94. The zero-order valence-corrected chi connectivity index (χ0v) is 9.17. The fourth-order valence-electron chi connectivity index (χ4n) is 1.48. The van der Waals surface area contributed by atoms with Gasteiger partial charge in [-0.1, -0.05) is 6.07 Å². The lowest BCUT2D eigenvalue weighted by Gasteiger charge is -2.10. The van der Waals surface area contributed by atoms with Crippen LogP contribution in [-0.4, -0.2) is 33.3 Å². The molecular formula is C11H13NO5. The second-order valence-electron chi connectivity index (χ2n) is 3.76. The largest absolute Gasteiger partial charge is 0.507 e. The topological polar surface area (TPSA) is 121 Å². The van der Waals surface area contributed by atoms with E-state index >= 15 is 0 Å². The summed E-state index contributed by atoms with van der Waals surface area (Å²) in [4.78, 5) is 21.4. The van der Waals surface area contributed by atoms with Crippen LogP contribution in [0.15, 0.2) is 12.1 Å². The van der Waals surface area contributed by atoms with E-state index in [1.54, 1.807) is 0 Å². The van der Waals surface area contributed by atoms with Crippen LogP contribution >= 0.6 is 0 Å². The Balaban J connectivity index is 3.11. The Morgan fingerprint density at radius 3 is 2.41 bits per heavy atom. The Morgan fingerprint density at radius 1 is 1.35 bits per heavy atom. The Hall–Kier alpha value is -2.08. The molecule has 0 aliphatic heterocycles. The van der Waals surface area contributed by atoms with E-state index < -0.39 is 18.0 Å². The maximum Gasteiger partial charge on any atom is 0.339 e. The summed E-state index contributed by atoms with van der Waals surface area (Å²) in [7, 11) is 0. The molecule has 5 N–H and O–H groups in total. The van der Waals surface area contributed by atoms with Gasteiger partial charge in [0.25, 0.3) is 0 Å². The number of hydrogen-bond acceptors (Lipinski definition) is 4. The molecule has 0 aromatic heterocycles. The van der Waals surface area contributed by atoms with Crippen molar-refractivity contribution in [2.24, 2.45) is 5.73 Å². The summed E-state index contributed by atoms with van der Waals surface area (Å²) in [6.45, 7) is 1.54. The van der Waals surface area contributed by atoms with Crippen molar-refractivity contribution in [3.63, 3.8) is 0 Å². The van der Waals surface area contributed by atoms with Crippen molar-refractivity contribution in [3.8, 4) is 5.75 Å². The van der Waals surface area contributed by atoms with Crippen LogP contribution in [0.2, 0.25) is 0 Å². The van der Waals surface area contributed by atoms with E-state index in [4.69, 9.17) is 15.9 Å².